The van der Waals surface area contributed by atoms with Crippen molar-refractivity contribution in [2.45, 2.75) is 0 Å². The van der Waals surface area contributed by atoms with Crippen LogP contribution < -0.4 is 5.32 Å². The summed E-state index contributed by atoms with van der Waals surface area (Å²) in [6.07, 6.45) is 2.77. The first kappa shape index (κ1) is 6.78. The van der Waals surface area contributed by atoms with Gasteiger partial charge in [0.2, 0.25) is 0 Å². The number of nitrogens with zero attached hydrogens (tertiary/aromatic N) is 1. The van der Waals surface area contributed by atoms with Crippen molar-refractivity contribution in [2.24, 2.45) is 0 Å². The van der Waals surface area contributed by atoms with Gasteiger partial charge in [0.1, 0.15) is 0 Å². The molecule has 0 aromatic carbocycles. The third-order valence-electron chi connectivity index (χ3n) is 1.55. The minimum Gasteiger partial charge on any atom is -0.289 e. The van der Waals surface area contributed by atoms with Gasteiger partial charge in [-0.2, -0.15) is 5.10 Å². The summed E-state index contributed by atoms with van der Waals surface area (Å²) in [6, 6.07) is 1.63. The molecule has 0 unspecified atom stereocenters. The van der Waals surface area contributed by atoms with E-state index in [1.165, 1.54) is 12.3 Å². The molecule has 0 radical (unpaired) electrons. The van der Waals surface area contributed by atoms with Gasteiger partial charge >= 0.3 is 0 Å². The number of amides is 2. The van der Waals surface area contributed by atoms with Crippen molar-refractivity contribution < 1.29 is 9.59 Å². The van der Waals surface area contributed by atoms with E-state index >= 15 is 0 Å². The molecule has 0 saturated carbocycles. The maximum Gasteiger partial charge on any atom is 0.260 e. The van der Waals surface area contributed by atoms with Crippen LogP contribution in [0.2, 0.25) is 0 Å². The van der Waals surface area contributed by atoms with Crippen LogP contribution in [0.15, 0.2) is 18.3 Å². The van der Waals surface area contributed by atoms with E-state index in [1.54, 1.807) is 6.07 Å². The zero-order chi connectivity index (χ0) is 8.55. The summed E-state index contributed by atoms with van der Waals surface area (Å²) in [4.78, 5) is 21.8. The Balaban J connectivity index is 2.43. The average molecular weight is 163 g/mol. The van der Waals surface area contributed by atoms with Crippen molar-refractivity contribution >= 4 is 17.4 Å². The van der Waals surface area contributed by atoms with E-state index in [-0.39, 0.29) is 11.8 Å². The number of carbonyl (C=O) groups is 2. The van der Waals surface area contributed by atoms with Crippen molar-refractivity contribution in [3.05, 3.63) is 24.0 Å². The summed E-state index contributed by atoms with van der Waals surface area (Å²) < 4.78 is 0. The van der Waals surface area contributed by atoms with Gasteiger partial charge in [0.05, 0.1) is 11.3 Å². The number of imide groups is 1. The molecule has 1 aromatic heterocycles. The molecule has 2 rings (SSSR count). The van der Waals surface area contributed by atoms with Crippen LogP contribution in [0.5, 0.6) is 0 Å². The van der Waals surface area contributed by atoms with E-state index < -0.39 is 0 Å². The lowest BCUT2D eigenvalue weighted by atomic mass is 10.2. The highest BCUT2D eigenvalue weighted by molar-refractivity contribution is 6.33. The lowest BCUT2D eigenvalue weighted by Gasteiger charge is -1.92. The molecule has 2 heterocycles. The van der Waals surface area contributed by atoms with Gasteiger partial charge in [-0.25, -0.2) is 0 Å². The lowest BCUT2D eigenvalue weighted by Crippen LogP contribution is -2.21. The van der Waals surface area contributed by atoms with Gasteiger partial charge in [0, 0.05) is 12.3 Å². The standard InChI is InChI=1S/C7H5N3O2/c11-6-3-4(7(12)9-6)5-1-2-8-10-5/h1-3H,(H,8,10)(H,9,11,12). The van der Waals surface area contributed by atoms with E-state index in [4.69, 9.17) is 0 Å². The van der Waals surface area contributed by atoms with Gasteiger partial charge in [-0.1, -0.05) is 0 Å². The van der Waals surface area contributed by atoms with Crippen molar-refractivity contribution in [1.29, 1.82) is 0 Å². The number of nitrogens with one attached hydrogen (secondary N) is 2. The monoisotopic (exact) mass is 163 g/mol. The number of rotatable bonds is 1. The predicted octanol–water partition coefficient (Wildman–Crippen LogP) is -0.551. The zero-order valence-electron chi connectivity index (χ0n) is 6.00. The Morgan fingerprint density at radius 1 is 1.33 bits per heavy atom. The topological polar surface area (TPSA) is 74.8 Å². The molecular weight excluding hydrogens is 158 g/mol. The van der Waals surface area contributed by atoms with Crippen molar-refractivity contribution in [2.75, 3.05) is 0 Å². The minimum atomic E-state index is -0.385. The Kier molecular flexibility index (Phi) is 1.30. The average Bonchev–Trinajstić information content (AvgIpc) is 2.58. The Bertz CT molecular complexity index is 364. The van der Waals surface area contributed by atoms with Gasteiger partial charge in [-0.05, 0) is 6.07 Å². The summed E-state index contributed by atoms with van der Waals surface area (Å²) in [5.74, 6) is -0.770. The van der Waals surface area contributed by atoms with Crippen molar-refractivity contribution in [1.82, 2.24) is 15.5 Å². The Hall–Kier alpha value is -1.91. The largest absolute Gasteiger partial charge is 0.289 e. The van der Waals surface area contributed by atoms with Crippen LogP contribution in [0.3, 0.4) is 0 Å². The summed E-state index contributed by atoms with van der Waals surface area (Å²) in [5.41, 5.74) is 0.885. The second kappa shape index (κ2) is 2.30. The van der Waals surface area contributed by atoms with Gasteiger partial charge in [-0.15, -0.1) is 0 Å². The number of H-pyrrole nitrogens is 1. The summed E-state index contributed by atoms with van der Waals surface area (Å²) >= 11 is 0. The molecule has 1 aliphatic rings. The van der Waals surface area contributed by atoms with E-state index in [1.807, 2.05) is 0 Å². The molecule has 0 fully saturated rings. The van der Waals surface area contributed by atoms with Crippen LogP contribution in [0.1, 0.15) is 5.69 Å². The SMILES string of the molecule is O=C1C=C(c2ccn[nH]2)C(=O)N1. The number of hydrogen-bond donors (Lipinski definition) is 2. The number of aromatic amines is 1. The molecule has 5 nitrogen and oxygen atoms in total. The highest BCUT2D eigenvalue weighted by Gasteiger charge is 2.22. The van der Waals surface area contributed by atoms with Gasteiger partial charge in [0.15, 0.2) is 0 Å². The Morgan fingerprint density at radius 3 is 2.67 bits per heavy atom. The smallest absolute Gasteiger partial charge is 0.260 e. The van der Waals surface area contributed by atoms with Crippen LogP contribution in [-0.4, -0.2) is 22.0 Å². The molecular formula is C7H5N3O2. The maximum absolute atomic E-state index is 11.0. The molecule has 2 amide bonds. The molecule has 1 aromatic rings. The van der Waals surface area contributed by atoms with E-state index in [9.17, 15) is 9.59 Å². The molecule has 0 saturated heterocycles. The molecule has 0 bridgehead atoms. The summed E-state index contributed by atoms with van der Waals surface area (Å²) in [5, 5.41) is 8.40. The fraction of sp³-hybridized carbons (Fsp3) is 0. The number of carbonyl (C=O) groups excluding carboxylic acids is 2. The minimum absolute atomic E-state index is 0.331. The fourth-order valence-electron chi connectivity index (χ4n) is 1.02. The molecule has 0 aliphatic carbocycles. The van der Waals surface area contributed by atoms with E-state index in [0.717, 1.165) is 0 Å². The first-order valence-electron chi connectivity index (χ1n) is 3.34. The van der Waals surface area contributed by atoms with Crippen LogP contribution in [0.4, 0.5) is 0 Å². The van der Waals surface area contributed by atoms with Crippen molar-refractivity contribution in [3.63, 3.8) is 0 Å². The zero-order valence-corrected chi connectivity index (χ0v) is 6.00. The number of hydrogen-bond acceptors (Lipinski definition) is 3. The summed E-state index contributed by atoms with van der Waals surface area (Å²) in [7, 11) is 0. The third-order valence-corrected chi connectivity index (χ3v) is 1.55. The first-order chi connectivity index (χ1) is 5.77. The molecule has 1 aliphatic heterocycles. The van der Waals surface area contributed by atoms with Gasteiger partial charge in [0.25, 0.3) is 11.8 Å². The van der Waals surface area contributed by atoms with Crippen LogP contribution in [0.25, 0.3) is 5.57 Å². The number of aromatic nitrogens is 2. The summed E-state index contributed by atoms with van der Waals surface area (Å²) in [6.45, 7) is 0. The highest BCUT2D eigenvalue weighted by atomic mass is 16.2. The van der Waals surface area contributed by atoms with Gasteiger partial charge in [-0.3, -0.25) is 20.0 Å². The lowest BCUT2D eigenvalue weighted by molar-refractivity contribution is -0.123. The van der Waals surface area contributed by atoms with E-state index in [0.29, 0.717) is 11.3 Å². The molecule has 60 valence electrons. The highest BCUT2D eigenvalue weighted by Crippen LogP contribution is 2.14. The fourth-order valence-corrected chi connectivity index (χ4v) is 1.02. The second-order valence-corrected chi connectivity index (χ2v) is 2.35. The molecule has 5 heteroatoms. The quantitative estimate of drug-likeness (QED) is 0.545. The Morgan fingerprint density at radius 2 is 2.17 bits per heavy atom. The molecule has 12 heavy (non-hydrogen) atoms. The molecule has 0 spiro atoms. The van der Waals surface area contributed by atoms with Crippen LogP contribution in [-0.2, 0) is 9.59 Å². The van der Waals surface area contributed by atoms with Crippen molar-refractivity contribution in [3.8, 4) is 0 Å². The first-order valence-corrected chi connectivity index (χ1v) is 3.34. The van der Waals surface area contributed by atoms with Gasteiger partial charge < -0.3 is 0 Å². The van der Waals surface area contributed by atoms with E-state index in [2.05, 4.69) is 15.5 Å². The predicted molar refractivity (Wildman–Crippen MR) is 39.7 cm³/mol. The van der Waals surface area contributed by atoms with Crippen LogP contribution >= 0.6 is 0 Å². The Labute approximate surface area is 67.5 Å². The molecule has 2 N–H and O–H groups in total. The maximum atomic E-state index is 11.0. The molecule has 0 atom stereocenters. The second-order valence-electron chi connectivity index (χ2n) is 2.35. The van der Waals surface area contributed by atoms with Crippen LogP contribution in [0, 0.1) is 0 Å². The normalized spacial score (nSPS) is 16.2. The third kappa shape index (κ3) is 0.914.